The van der Waals surface area contributed by atoms with Gasteiger partial charge in [-0.1, -0.05) is 0 Å². The Hall–Kier alpha value is -1.77. The van der Waals surface area contributed by atoms with E-state index in [1.54, 1.807) is 0 Å². The van der Waals surface area contributed by atoms with Crippen molar-refractivity contribution >= 4 is 5.78 Å². The topological polar surface area (TPSA) is 95.8 Å². The van der Waals surface area contributed by atoms with Gasteiger partial charge in [-0.05, 0) is 6.92 Å². The lowest BCUT2D eigenvalue weighted by molar-refractivity contribution is -0.0974. The number of fused-ring (bicyclic) bond motifs is 1. The van der Waals surface area contributed by atoms with Crippen molar-refractivity contribution in [3.63, 3.8) is 0 Å². The summed E-state index contributed by atoms with van der Waals surface area (Å²) in [5, 5.41) is 11.9. The molecule has 108 valence electrons. The summed E-state index contributed by atoms with van der Waals surface area (Å²) in [6.07, 6.45) is 1.30. The Morgan fingerprint density at radius 1 is 1.55 bits per heavy atom. The van der Waals surface area contributed by atoms with Gasteiger partial charge in [-0.2, -0.15) is 4.52 Å². The minimum absolute atomic E-state index is 0.00464. The third-order valence-electron chi connectivity index (χ3n) is 3.31. The standard InChI is InChI=1S/C12H17N5O3/c1-8-3-16(5-10(6-18)20-8)4-9-2-11(19)17-12(15-9)13-7-14-17/h2,7-8,10,18H,3-6H2,1H3,(H,13,14,15). The molecule has 0 bridgehead atoms. The van der Waals surface area contributed by atoms with Crippen LogP contribution in [0.3, 0.4) is 0 Å². The fourth-order valence-electron chi connectivity index (χ4n) is 2.55. The second-order valence-electron chi connectivity index (χ2n) is 5.05. The number of rotatable bonds is 3. The lowest BCUT2D eigenvalue weighted by Crippen LogP contribution is -2.47. The number of nitrogens with zero attached hydrogens (tertiary/aromatic N) is 4. The van der Waals surface area contributed by atoms with Crippen LogP contribution in [0.5, 0.6) is 0 Å². The van der Waals surface area contributed by atoms with Gasteiger partial charge in [0.05, 0.1) is 24.5 Å². The predicted molar refractivity (Wildman–Crippen MR) is 70.3 cm³/mol. The fourth-order valence-corrected chi connectivity index (χ4v) is 2.55. The second-order valence-corrected chi connectivity index (χ2v) is 5.05. The first-order chi connectivity index (χ1) is 9.65. The first-order valence-electron chi connectivity index (χ1n) is 6.56. The Kier molecular flexibility index (Phi) is 3.51. The highest BCUT2D eigenvalue weighted by molar-refractivity contribution is 5.25. The average molecular weight is 279 g/mol. The van der Waals surface area contributed by atoms with Crippen molar-refractivity contribution in [2.24, 2.45) is 0 Å². The number of H-pyrrole nitrogens is 1. The average Bonchev–Trinajstić information content (AvgIpc) is 2.86. The molecule has 2 aromatic heterocycles. The normalized spacial score (nSPS) is 24.3. The molecular weight excluding hydrogens is 262 g/mol. The Morgan fingerprint density at radius 2 is 2.40 bits per heavy atom. The molecule has 0 aromatic carbocycles. The maximum absolute atomic E-state index is 11.9. The van der Waals surface area contributed by atoms with Crippen molar-refractivity contribution in [2.75, 3.05) is 19.7 Å². The quantitative estimate of drug-likeness (QED) is 0.748. The molecule has 0 saturated carbocycles. The maximum Gasteiger partial charge on any atom is 0.274 e. The van der Waals surface area contributed by atoms with E-state index in [1.807, 2.05) is 6.92 Å². The fraction of sp³-hybridized carbons (Fsp3) is 0.583. The molecule has 3 heterocycles. The number of aromatic amines is 1. The Balaban J connectivity index is 1.80. The molecule has 0 amide bonds. The van der Waals surface area contributed by atoms with Crippen molar-refractivity contribution in [1.82, 2.24) is 24.5 Å². The van der Waals surface area contributed by atoms with Crippen molar-refractivity contribution < 1.29 is 9.84 Å². The summed E-state index contributed by atoms with van der Waals surface area (Å²) in [4.78, 5) is 22.3. The van der Waals surface area contributed by atoms with E-state index in [0.29, 0.717) is 24.6 Å². The van der Waals surface area contributed by atoms with Crippen LogP contribution in [0.25, 0.3) is 5.78 Å². The molecule has 1 saturated heterocycles. The molecule has 0 aliphatic carbocycles. The Bertz CT molecular complexity index is 652. The van der Waals surface area contributed by atoms with E-state index >= 15 is 0 Å². The molecule has 20 heavy (non-hydrogen) atoms. The summed E-state index contributed by atoms with van der Waals surface area (Å²) in [5.74, 6) is 0.368. The van der Waals surface area contributed by atoms with Crippen LogP contribution in [0.2, 0.25) is 0 Å². The van der Waals surface area contributed by atoms with Gasteiger partial charge in [0.1, 0.15) is 6.33 Å². The molecular formula is C12H17N5O3. The molecule has 2 atom stereocenters. The van der Waals surface area contributed by atoms with Crippen LogP contribution in [0, 0.1) is 0 Å². The lowest BCUT2D eigenvalue weighted by Gasteiger charge is -2.35. The van der Waals surface area contributed by atoms with E-state index in [0.717, 1.165) is 6.54 Å². The Labute approximate surface area is 115 Å². The molecule has 2 unspecified atom stereocenters. The molecule has 2 N–H and O–H groups in total. The number of hydrogen-bond donors (Lipinski definition) is 2. The molecule has 3 rings (SSSR count). The van der Waals surface area contributed by atoms with Crippen LogP contribution in [0.4, 0.5) is 0 Å². The van der Waals surface area contributed by atoms with Gasteiger partial charge in [0, 0.05) is 25.7 Å². The van der Waals surface area contributed by atoms with Crippen LogP contribution in [0.1, 0.15) is 12.6 Å². The number of ether oxygens (including phenoxy) is 1. The van der Waals surface area contributed by atoms with E-state index in [-0.39, 0.29) is 24.4 Å². The molecule has 0 spiro atoms. The number of morpholine rings is 1. The third kappa shape index (κ3) is 2.58. The molecule has 8 nitrogen and oxygen atoms in total. The van der Waals surface area contributed by atoms with E-state index in [9.17, 15) is 9.90 Å². The third-order valence-corrected chi connectivity index (χ3v) is 3.31. The van der Waals surface area contributed by atoms with Crippen LogP contribution in [-0.4, -0.2) is 61.5 Å². The van der Waals surface area contributed by atoms with Crippen molar-refractivity contribution in [3.05, 3.63) is 28.4 Å². The molecule has 1 aliphatic heterocycles. The predicted octanol–water partition coefficient (Wildman–Crippen LogP) is -1.00. The summed E-state index contributed by atoms with van der Waals surface area (Å²) < 4.78 is 6.88. The van der Waals surface area contributed by atoms with Crippen molar-refractivity contribution in [2.45, 2.75) is 25.7 Å². The molecule has 0 radical (unpaired) electrons. The van der Waals surface area contributed by atoms with Crippen LogP contribution in [-0.2, 0) is 11.3 Å². The number of aliphatic hydroxyl groups excluding tert-OH is 1. The van der Waals surface area contributed by atoms with E-state index in [4.69, 9.17) is 4.74 Å². The van der Waals surface area contributed by atoms with Gasteiger partial charge in [0.25, 0.3) is 11.3 Å². The monoisotopic (exact) mass is 279 g/mol. The minimum Gasteiger partial charge on any atom is -0.394 e. The minimum atomic E-state index is -0.186. The van der Waals surface area contributed by atoms with Gasteiger partial charge in [-0.15, -0.1) is 0 Å². The largest absolute Gasteiger partial charge is 0.394 e. The second kappa shape index (κ2) is 5.31. The summed E-state index contributed by atoms with van der Waals surface area (Å²) in [7, 11) is 0. The highest BCUT2D eigenvalue weighted by Crippen LogP contribution is 2.13. The van der Waals surface area contributed by atoms with Crippen LogP contribution < -0.4 is 5.56 Å². The molecule has 2 aromatic rings. The van der Waals surface area contributed by atoms with E-state index in [1.165, 1.54) is 16.9 Å². The van der Waals surface area contributed by atoms with E-state index in [2.05, 4.69) is 20.0 Å². The van der Waals surface area contributed by atoms with Gasteiger partial charge in [-0.25, -0.2) is 9.97 Å². The van der Waals surface area contributed by atoms with Gasteiger partial charge >= 0.3 is 0 Å². The number of aliphatic hydroxyl groups is 1. The zero-order valence-electron chi connectivity index (χ0n) is 11.2. The summed E-state index contributed by atoms with van der Waals surface area (Å²) in [6, 6.07) is 1.50. The lowest BCUT2D eigenvalue weighted by atomic mass is 10.2. The highest BCUT2D eigenvalue weighted by atomic mass is 16.5. The number of nitrogens with one attached hydrogen (secondary N) is 1. The first-order valence-corrected chi connectivity index (χ1v) is 6.56. The van der Waals surface area contributed by atoms with Crippen molar-refractivity contribution in [1.29, 1.82) is 0 Å². The zero-order valence-corrected chi connectivity index (χ0v) is 11.2. The zero-order chi connectivity index (χ0) is 14.1. The molecule has 1 fully saturated rings. The van der Waals surface area contributed by atoms with Gasteiger partial charge in [0.2, 0.25) is 0 Å². The van der Waals surface area contributed by atoms with Gasteiger partial charge in [-0.3, -0.25) is 14.8 Å². The Morgan fingerprint density at radius 3 is 3.20 bits per heavy atom. The SMILES string of the molecule is CC1CN(Cc2cc(=O)n3[nH]cnc3n2)CC(CO)O1. The summed E-state index contributed by atoms with van der Waals surface area (Å²) >= 11 is 0. The van der Waals surface area contributed by atoms with Gasteiger partial charge < -0.3 is 9.84 Å². The van der Waals surface area contributed by atoms with Gasteiger partial charge in [0.15, 0.2) is 0 Å². The summed E-state index contributed by atoms with van der Waals surface area (Å²) in [5.41, 5.74) is 0.496. The highest BCUT2D eigenvalue weighted by Gasteiger charge is 2.25. The molecule has 8 heteroatoms. The van der Waals surface area contributed by atoms with Crippen LogP contribution in [0.15, 0.2) is 17.2 Å². The number of aromatic nitrogens is 4. The number of hydrogen-bond acceptors (Lipinski definition) is 6. The van der Waals surface area contributed by atoms with Crippen LogP contribution >= 0.6 is 0 Å². The maximum atomic E-state index is 11.9. The van der Waals surface area contributed by atoms with Crippen molar-refractivity contribution in [3.8, 4) is 0 Å². The summed E-state index contributed by atoms with van der Waals surface area (Å²) in [6.45, 7) is 3.88. The molecule has 1 aliphatic rings. The smallest absolute Gasteiger partial charge is 0.274 e. The first kappa shape index (κ1) is 13.2. The van der Waals surface area contributed by atoms with E-state index < -0.39 is 0 Å².